The molecule has 2 aromatic carbocycles. The maximum absolute atomic E-state index is 14.5. The van der Waals surface area contributed by atoms with Gasteiger partial charge in [-0.15, -0.1) is 0 Å². The second kappa shape index (κ2) is 11.2. The summed E-state index contributed by atoms with van der Waals surface area (Å²) < 4.78 is 55.9. The van der Waals surface area contributed by atoms with Gasteiger partial charge in [-0.2, -0.15) is 5.10 Å². The van der Waals surface area contributed by atoms with Gasteiger partial charge in [-0.25, -0.2) is 27.2 Å². The lowest BCUT2D eigenvalue weighted by Crippen LogP contribution is -2.39. The first-order valence-electron chi connectivity index (χ1n) is 12.9. The van der Waals surface area contributed by atoms with Crippen molar-refractivity contribution in [1.82, 2.24) is 24.6 Å². The van der Waals surface area contributed by atoms with E-state index in [4.69, 9.17) is 11.6 Å². The van der Waals surface area contributed by atoms with Gasteiger partial charge in [0.2, 0.25) is 5.91 Å². The standard InChI is InChI=1S/C28H26ClF2N5O4S/c1-16(37)28-22-10-18(19-12-32-17(2)33-13-19)6-7-24(22)36(34-28)15-26(38)35-14-20(30)11-21(35)8-9-41(39,40)25-5-3-4-23(29)27(25)31/h3-7,10,12-13,20-21H,8-9,11,14-15H2,1-2H3/t20-,21-/m1/s1. The Bertz CT molecular complexity index is 1760. The van der Waals surface area contributed by atoms with Gasteiger partial charge in [-0.05, 0) is 43.2 Å². The average Bonchev–Trinajstić information content (AvgIpc) is 3.49. The van der Waals surface area contributed by atoms with Crippen LogP contribution < -0.4 is 0 Å². The molecule has 9 nitrogen and oxygen atoms in total. The summed E-state index contributed by atoms with van der Waals surface area (Å²) in [5.41, 5.74) is 2.23. The Morgan fingerprint density at radius 1 is 1.12 bits per heavy atom. The quantitative estimate of drug-likeness (QED) is 0.271. The first-order valence-corrected chi connectivity index (χ1v) is 14.9. The minimum absolute atomic E-state index is 0.0418. The molecule has 0 N–H and O–H groups in total. The molecule has 0 saturated carbocycles. The van der Waals surface area contributed by atoms with E-state index in [2.05, 4.69) is 15.1 Å². The molecule has 0 bridgehead atoms. The lowest BCUT2D eigenvalue weighted by Gasteiger charge is -2.24. The molecule has 2 atom stereocenters. The van der Waals surface area contributed by atoms with Gasteiger partial charge in [0, 0.05) is 42.7 Å². The first kappa shape index (κ1) is 28.7. The molecule has 1 saturated heterocycles. The predicted molar refractivity (Wildman–Crippen MR) is 149 cm³/mol. The van der Waals surface area contributed by atoms with Crippen molar-refractivity contribution < 1.29 is 26.8 Å². The van der Waals surface area contributed by atoms with Gasteiger partial charge in [0.1, 0.15) is 29.1 Å². The Balaban J connectivity index is 1.37. The molecule has 4 aromatic rings. The summed E-state index contributed by atoms with van der Waals surface area (Å²) in [5.74, 6) is -1.68. The van der Waals surface area contributed by atoms with Crippen LogP contribution in [0.25, 0.3) is 22.0 Å². The normalized spacial score (nSPS) is 17.3. The number of halogens is 3. The van der Waals surface area contributed by atoms with E-state index < -0.39 is 44.4 Å². The molecule has 13 heteroatoms. The van der Waals surface area contributed by atoms with Crippen molar-refractivity contribution in [1.29, 1.82) is 0 Å². The summed E-state index contributed by atoms with van der Waals surface area (Å²) in [6, 6.07) is 8.32. The lowest BCUT2D eigenvalue weighted by atomic mass is 10.0. The highest BCUT2D eigenvalue weighted by Crippen LogP contribution is 2.29. The number of fused-ring (bicyclic) bond motifs is 1. The van der Waals surface area contributed by atoms with E-state index in [1.807, 2.05) is 0 Å². The average molecular weight is 602 g/mol. The highest BCUT2D eigenvalue weighted by molar-refractivity contribution is 7.91. The second-order valence-corrected chi connectivity index (χ2v) is 12.5. The first-order chi connectivity index (χ1) is 19.4. The summed E-state index contributed by atoms with van der Waals surface area (Å²) in [5, 5.41) is 4.61. The summed E-state index contributed by atoms with van der Waals surface area (Å²) in [6.07, 6.45) is 1.89. The molecule has 5 rings (SSSR count). The third-order valence-electron chi connectivity index (χ3n) is 7.14. The zero-order chi connectivity index (χ0) is 29.5. The zero-order valence-corrected chi connectivity index (χ0v) is 23.8. The highest BCUT2D eigenvalue weighted by Gasteiger charge is 2.36. The number of hydrogen-bond donors (Lipinski definition) is 0. The maximum Gasteiger partial charge on any atom is 0.244 e. The van der Waals surface area contributed by atoms with Gasteiger partial charge < -0.3 is 4.90 Å². The molecule has 0 spiro atoms. The third kappa shape index (κ3) is 5.84. The summed E-state index contributed by atoms with van der Waals surface area (Å²) in [7, 11) is -4.07. The Kier molecular flexibility index (Phi) is 7.89. The summed E-state index contributed by atoms with van der Waals surface area (Å²) in [4.78, 5) is 35.0. The molecule has 3 heterocycles. The van der Waals surface area contributed by atoms with Gasteiger partial charge in [-0.1, -0.05) is 23.7 Å². The van der Waals surface area contributed by atoms with Crippen LogP contribution in [0.15, 0.2) is 53.7 Å². The number of carbonyl (C=O) groups excluding carboxylic acids is 2. The monoisotopic (exact) mass is 601 g/mol. The van der Waals surface area contributed by atoms with Crippen LogP contribution in [0.1, 0.15) is 36.1 Å². The molecule has 0 aliphatic carbocycles. The van der Waals surface area contributed by atoms with Crippen molar-refractivity contribution in [2.75, 3.05) is 12.3 Å². The maximum atomic E-state index is 14.5. The van der Waals surface area contributed by atoms with Crippen molar-refractivity contribution in [3.63, 3.8) is 0 Å². The predicted octanol–water partition coefficient (Wildman–Crippen LogP) is 4.60. The molecule has 1 fully saturated rings. The van der Waals surface area contributed by atoms with Gasteiger partial charge in [0.25, 0.3) is 0 Å². The van der Waals surface area contributed by atoms with E-state index in [0.717, 1.165) is 17.2 Å². The number of rotatable bonds is 8. The topological polar surface area (TPSA) is 115 Å². The number of hydrogen-bond acceptors (Lipinski definition) is 7. The van der Waals surface area contributed by atoms with Crippen molar-refractivity contribution in [3.8, 4) is 11.1 Å². The number of amides is 1. The van der Waals surface area contributed by atoms with Crippen LogP contribution in [0.3, 0.4) is 0 Å². The number of Topliss-reactive ketones (excluding diaryl/α,β-unsaturated/α-hetero) is 1. The fraction of sp³-hybridized carbons (Fsp3) is 0.321. The van der Waals surface area contributed by atoms with Crippen molar-refractivity contribution >= 4 is 44.0 Å². The largest absolute Gasteiger partial charge is 0.335 e. The molecule has 2 aromatic heterocycles. The fourth-order valence-corrected chi connectivity index (χ4v) is 6.77. The second-order valence-electron chi connectivity index (χ2n) is 10.0. The van der Waals surface area contributed by atoms with E-state index in [1.165, 1.54) is 28.6 Å². The summed E-state index contributed by atoms with van der Waals surface area (Å²) in [6.45, 7) is 2.67. The molecular weight excluding hydrogens is 576 g/mol. The number of carbonyl (C=O) groups is 2. The van der Waals surface area contributed by atoms with E-state index >= 15 is 0 Å². The number of aromatic nitrogens is 4. The molecule has 1 amide bonds. The molecule has 41 heavy (non-hydrogen) atoms. The van der Waals surface area contributed by atoms with Crippen LogP contribution in [-0.2, 0) is 21.2 Å². The van der Waals surface area contributed by atoms with Gasteiger partial charge in [-0.3, -0.25) is 14.3 Å². The van der Waals surface area contributed by atoms with E-state index in [0.29, 0.717) is 16.7 Å². The molecule has 1 aliphatic heterocycles. The Morgan fingerprint density at radius 3 is 2.56 bits per heavy atom. The van der Waals surface area contributed by atoms with Gasteiger partial charge in [0.05, 0.1) is 22.8 Å². The number of sulfone groups is 1. The highest BCUT2D eigenvalue weighted by atomic mass is 35.5. The number of benzene rings is 2. The molecule has 1 aliphatic rings. The van der Waals surface area contributed by atoms with E-state index in [-0.39, 0.29) is 42.4 Å². The van der Waals surface area contributed by atoms with Crippen LogP contribution in [0.2, 0.25) is 5.02 Å². The van der Waals surface area contributed by atoms with Crippen LogP contribution in [0, 0.1) is 12.7 Å². The fourth-order valence-electron chi connectivity index (χ4n) is 5.06. The molecule has 214 valence electrons. The van der Waals surface area contributed by atoms with Crippen molar-refractivity contribution in [2.45, 2.75) is 50.3 Å². The van der Waals surface area contributed by atoms with Crippen molar-refractivity contribution in [2.24, 2.45) is 0 Å². The minimum Gasteiger partial charge on any atom is -0.335 e. The Labute approximate surface area is 240 Å². The van der Waals surface area contributed by atoms with E-state index in [1.54, 1.807) is 37.5 Å². The Morgan fingerprint density at radius 2 is 1.85 bits per heavy atom. The SMILES string of the molecule is CC(=O)c1nn(CC(=O)N2C[C@H](F)C[C@H]2CCS(=O)(=O)c2cccc(Cl)c2F)c2ccc(-c3cnc(C)nc3)cc12. The molecular formula is C28H26ClF2N5O4S. The smallest absolute Gasteiger partial charge is 0.244 e. The summed E-state index contributed by atoms with van der Waals surface area (Å²) >= 11 is 5.74. The lowest BCUT2D eigenvalue weighted by molar-refractivity contribution is -0.133. The zero-order valence-electron chi connectivity index (χ0n) is 22.2. The molecule has 0 unspecified atom stereocenters. The number of aryl methyl sites for hydroxylation is 1. The van der Waals surface area contributed by atoms with Crippen LogP contribution in [-0.4, -0.2) is 69.3 Å². The van der Waals surface area contributed by atoms with Crippen molar-refractivity contribution in [3.05, 3.63) is 71.2 Å². The minimum atomic E-state index is -4.07. The van der Waals surface area contributed by atoms with Crippen LogP contribution in [0.5, 0.6) is 0 Å². The van der Waals surface area contributed by atoms with Gasteiger partial charge in [0.15, 0.2) is 21.4 Å². The number of nitrogens with zero attached hydrogens (tertiary/aromatic N) is 5. The Hall–Kier alpha value is -3.77. The van der Waals surface area contributed by atoms with Crippen LogP contribution in [0.4, 0.5) is 8.78 Å². The van der Waals surface area contributed by atoms with Gasteiger partial charge >= 0.3 is 0 Å². The third-order valence-corrected chi connectivity index (χ3v) is 9.19. The van der Waals surface area contributed by atoms with Crippen LogP contribution >= 0.6 is 11.6 Å². The number of ketones is 1. The number of alkyl halides is 1. The van der Waals surface area contributed by atoms with E-state index in [9.17, 15) is 26.8 Å². The number of likely N-dealkylation sites (tertiary alicyclic amines) is 1. The molecule has 0 radical (unpaired) electrons.